The third kappa shape index (κ3) is 3.88. The molecule has 0 bridgehead atoms. The highest BCUT2D eigenvalue weighted by atomic mass is 16.1. The molecule has 1 aromatic carbocycles. The molecule has 0 radical (unpaired) electrons. The summed E-state index contributed by atoms with van der Waals surface area (Å²) < 4.78 is 3.60. The number of hydrogen-bond donors (Lipinski definition) is 1. The maximum Gasteiger partial charge on any atom is 0.252 e. The third-order valence-electron chi connectivity index (χ3n) is 6.05. The van der Waals surface area contributed by atoms with E-state index in [-0.39, 0.29) is 23.8 Å². The number of benzene rings is 1. The molecule has 1 atom stereocenters. The Morgan fingerprint density at radius 2 is 1.94 bits per heavy atom. The van der Waals surface area contributed by atoms with Crippen LogP contribution in [-0.4, -0.2) is 35.3 Å². The Morgan fingerprint density at radius 1 is 1.12 bits per heavy atom. The van der Waals surface area contributed by atoms with Crippen LogP contribution in [0.5, 0.6) is 0 Å². The van der Waals surface area contributed by atoms with Crippen LogP contribution in [0.1, 0.15) is 62.0 Å². The number of carbonyl (C=O) groups is 1. The van der Waals surface area contributed by atoms with Crippen molar-refractivity contribution in [3.63, 3.8) is 0 Å². The first kappa shape index (κ1) is 20.4. The van der Waals surface area contributed by atoms with Gasteiger partial charge in [-0.15, -0.1) is 0 Å². The molecule has 3 aromatic heterocycles. The second-order valence-corrected chi connectivity index (χ2v) is 9.41. The molecule has 5 rings (SSSR count). The van der Waals surface area contributed by atoms with Crippen LogP contribution in [0.15, 0.2) is 49.2 Å². The average molecular weight is 430 g/mol. The molecule has 32 heavy (non-hydrogen) atoms. The number of nitrogens with one attached hydrogen (secondary N) is 1. The van der Waals surface area contributed by atoms with Crippen LogP contribution in [0.3, 0.4) is 0 Å². The predicted octanol–water partition coefficient (Wildman–Crippen LogP) is 3.34. The minimum Gasteiger partial charge on any atom is -0.349 e. The van der Waals surface area contributed by atoms with E-state index < -0.39 is 0 Å². The maximum atomic E-state index is 12.8. The standard InChI is InChI=1S/C24H27N7O/c1-24(2,3)17-7-9-18(10-8-17)31-21-6-4-5-20(19(21)13-27-31)29-22(32)11-16-12-25-23-26-15-28-30(23)14-16/h7-10,12-15,20H,4-6,11H2,1-3H3,(H,29,32)/t20-/m1/s1. The lowest BCUT2D eigenvalue weighted by atomic mass is 9.87. The van der Waals surface area contributed by atoms with Crippen LogP contribution in [-0.2, 0) is 23.1 Å². The van der Waals surface area contributed by atoms with Crippen molar-refractivity contribution < 1.29 is 4.79 Å². The Balaban J connectivity index is 1.32. The lowest BCUT2D eigenvalue weighted by Crippen LogP contribution is -2.32. The summed E-state index contributed by atoms with van der Waals surface area (Å²) in [6.45, 7) is 6.64. The van der Waals surface area contributed by atoms with Crippen molar-refractivity contribution in [2.24, 2.45) is 0 Å². The van der Waals surface area contributed by atoms with Gasteiger partial charge in [-0.1, -0.05) is 32.9 Å². The van der Waals surface area contributed by atoms with E-state index in [9.17, 15) is 4.79 Å². The van der Waals surface area contributed by atoms with Crippen molar-refractivity contribution in [2.75, 3.05) is 0 Å². The number of carbonyl (C=O) groups excluding carboxylic acids is 1. The number of aromatic nitrogens is 6. The van der Waals surface area contributed by atoms with Gasteiger partial charge >= 0.3 is 0 Å². The Labute approximate surface area is 186 Å². The molecule has 0 aliphatic heterocycles. The van der Waals surface area contributed by atoms with Gasteiger partial charge in [0.15, 0.2) is 0 Å². The quantitative estimate of drug-likeness (QED) is 0.537. The summed E-state index contributed by atoms with van der Waals surface area (Å²) in [5.41, 5.74) is 5.55. The first-order valence-corrected chi connectivity index (χ1v) is 11.0. The molecule has 8 heteroatoms. The van der Waals surface area contributed by atoms with Crippen molar-refractivity contribution >= 4 is 11.7 Å². The monoisotopic (exact) mass is 429 g/mol. The Hall–Kier alpha value is -3.55. The van der Waals surface area contributed by atoms with Crippen LogP contribution in [0, 0.1) is 0 Å². The molecular formula is C24H27N7O. The molecule has 0 fully saturated rings. The van der Waals surface area contributed by atoms with Gasteiger partial charge in [0.05, 0.1) is 24.3 Å². The van der Waals surface area contributed by atoms with Crippen LogP contribution in [0.4, 0.5) is 0 Å². The van der Waals surface area contributed by atoms with E-state index in [0.29, 0.717) is 5.78 Å². The molecule has 0 saturated carbocycles. The van der Waals surface area contributed by atoms with Crippen molar-refractivity contribution in [3.8, 4) is 5.69 Å². The molecule has 3 heterocycles. The van der Waals surface area contributed by atoms with Crippen molar-refractivity contribution in [1.82, 2.24) is 34.7 Å². The molecular weight excluding hydrogens is 402 g/mol. The van der Waals surface area contributed by atoms with Crippen LogP contribution >= 0.6 is 0 Å². The SMILES string of the molecule is CC(C)(C)c1ccc(-n2ncc3c2CCC[C@H]3NC(=O)Cc2cnc3ncnn3c2)cc1. The topological polar surface area (TPSA) is 90.0 Å². The molecule has 0 saturated heterocycles. The van der Waals surface area contributed by atoms with E-state index in [1.807, 2.05) is 10.9 Å². The molecule has 4 aromatic rings. The van der Waals surface area contributed by atoms with Crippen LogP contribution in [0.2, 0.25) is 0 Å². The van der Waals surface area contributed by atoms with E-state index in [1.165, 1.54) is 17.6 Å². The number of rotatable bonds is 4. The van der Waals surface area contributed by atoms with Gasteiger partial charge in [0.2, 0.25) is 5.91 Å². The zero-order valence-electron chi connectivity index (χ0n) is 18.6. The van der Waals surface area contributed by atoms with Gasteiger partial charge in [0.1, 0.15) is 6.33 Å². The first-order chi connectivity index (χ1) is 15.4. The molecule has 1 N–H and O–H groups in total. The normalized spacial score (nSPS) is 16.2. The van der Waals surface area contributed by atoms with E-state index in [1.54, 1.807) is 16.9 Å². The fraction of sp³-hybridized carbons (Fsp3) is 0.375. The van der Waals surface area contributed by atoms with Gasteiger partial charge in [0, 0.05) is 23.7 Å². The molecule has 0 unspecified atom stereocenters. The minimum absolute atomic E-state index is 0.0306. The Bertz CT molecular complexity index is 1260. The lowest BCUT2D eigenvalue weighted by molar-refractivity contribution is -0.121. The highest BCUT2D eigenvalue weighted by molar-refractivity contribution is 5.79. The highest BCUT2D eigenvalue weighted by Crippen LogP contribution is 2.32. The van der Waals surface area contributed by atoms with E-state index in [4.69, 9.17) is 0 Å². The average Bonchev–Trinajstić information content (AvgIpc) is 3.40. The van der Waals surface area contributed by atoms with Gasteiger partial charge in [0.25, 0.3) is 5.78 Å². The highest BCUT2D eigenvalue weighted by Gasteiger charge is 2.26. The number of hydrogen-bond acceptors (Lipinski definition) is 5. The number of nitrogens with zero attached hydrogens (tertiary/aromatic N) is 6. The summed E-state index contributed by atoms with van der Waals surface area (Å²) in [5.74, 6) is 0.487. The zero-order chi connectivity index (χ0) is 22.3. The Kier molecular flexibility index (Phi) is 5.00. The smallest absolute Gasteiger partial charge is 0.252 e. The summed E-state index contributed by atoms with van der Waals surface area (Å²) in [5, 5.41) is 11.9. The molecule has 8 nitrogen and oxygen atoms in total. The molecule has 0 spiro atoms. The van der Waals surface area contributed by atoms with E-state index in [0.717, 1.165) is 36.1 Å². The summed E-state index contributed by atoms with van der Waals surface area (Å²) in [6, 6.07) is 8.57. The van der Waals surface area contributed by atoms with Crippen molar-refractivity contribution in [1.29, 1.82) is 0 Å². The fourth-order valence-electron chi connectivity index (χ4n) is 4.31. The lowest BCUT2D eigenvalue weighted by Gasteiger charge is -2.24. The minimum atomic E-state index is -0.0357. The molecule has 164 valence electrons. The van der Waals surface area contributed by atoms with Gasteiger partial charge in [-0.2, -0.15) is 15.2 Å². The molecule has 1 aliphatic rings. The largest absolute Gasteiger partial charge is 0.349 e. The molecule has 1 amide bonds. The summed E-state index contributed by atoms with van der Waals surface area (Å²) in [6.07, 6.45) is 9.94. The van der Waals surface area contributed by atoms with E-state index in [2.05, 4.69) is 70.5 Å². The van der Waals surface area contributed by atoms with Crippen molar-refractivity contribution in [2.45, 2.75) is 57.9 Å². The molecule has 1 aliphatic carbocycles. The first-order valence-electron chi connectivity index (χ1n) is 11.0. The summed E-state index contributed by atoms with van der Waals surface area (Å²) in [4.78, 5) is 21.0. The van der Waals surface area contributed by atoms with Gasteiger partial charge in [-0.3, -0.25) is 4.79 Å². The van der Waals surface area contributed by atoms with Crippen LogP contribution < -0.4 is 5.32 Å². The predicted molar refractivity (Wildman–Crippen MR) is 121 cm³/mol. The fourth-order valence-corrected chi connectivity index (χ4v) is 4.31. The second-order valence-electron chi connectivity index (χ2n) is 9.41. The zero-order valence-corrected chi connectivity index (χ0v) is 18.6. The maximum absolute atomic E-state index is 12.8. The van der Waals surface area contributed by atoms with Gasteiger partial charge < -0.3 is 5.32 Å². The van der Waals surface area contributed by atoms with Crippen LogP contribution in [0.25, 0.3) is 11.5 Å². The number of amides is 1. The number of fused-ring (bicyclic) bond motifs is 2. The Morgan fingerprint density at radius 3 is 2.72 bits per heavy atom. The van der Waals surface area contributed by atoms with Gasteiger partial charge in [-0.25, -0.2) is 14.2 Å². The second kappa shape index (κ2) is 7.85. The van der Waals surface area contributed by atoms with E-state index >= 15 is 0 Å². The van der Waals surface area contributed by atoms with Gasteiger partial charge in [-0.05, 0) is 47.9 Å². The van der Waals surface area contributed by atoms with Crippen molar-refractivity contribution in [3.05, 3.63) is 71.6 Å². The summed E-state index contributed by atoms with van der Waals surface area (Å²) >= 11 is 0. The third-order valence-corrected chi connectivity index (χ3v) is 6.05. The summed E-state index contributed by atoms with van der Waals surface area (Å²) in [7, 11) is 0.